The first-order valence-electron chi connectivity index (χ1n) is 12.5. The van der Waals surface area contributed by atoms with Gasteiger partial charge in [0.15, 0.2) is 31.5 Å². The molecule has 0 saturated carbocycles. The summed E-state index contributed by atoms with van der Waals surface area (Å²) in [5, 5.41) is 13.6. The third kappa shape index (κ3) is 6.19. The molecule has 0 bridgehead atoms. The van der Waals surface area contributed by atoms with Gasteiger partial charge in [-0.05, 0) is 18.1 Å². The number of nitriles is 1. The smallest absolute Gasteiger partial charge is 0.350 e. The Hall–Kier alpha value is -1.76. The first-order valence-corrected chi connectivity index (χ1v) is 17.6. The number of alkyl halides is 3. The van der Waals surface area contributed by atoms with E-state index in [1.807, 2.05) is 39.9 Å². The van der Waals surface area contributed by atoms with Crippen LogP contribution < -0.4 is 4.90 Å². The average Bonchev–Trinajstić information content (AvgIpc) is 3.47. The molecule has 0 radical (unpaired) electrons. The van der Waals surface area contributed by atoms with E-state index in [-0.39, 0.29) is 45.6 Å². The summed E-state index contributed by atoms with van der Waals surface area (Å²) in [6, 6.07) is 1.92. The highest BCUT2D eigenvalue weighted by Gasteiger charge is 2.52. The second-order valence-electron chi connectivity index (χ2n) is 11.6. The van der Waals surface area contributed by atoms with Crippen molar-refractivity contribution in [2.24, 2.45) is 0 Å². The maximum atomic E-state index is 16.2. The monoisotopic (exact) mass is 625 g/mol. The molecule has 40 heavy (non-hydrogen) atoms. The fraction of sp³-hybridized carbons (Fsp3) is 0.696. The highest BCUT2D eigenvalue weighted by atomic mass is 35.5. The second kappa shape index (κ2) is 10.8. The highest BCUT2D eigenvalue weighted by Crippen LogP contribution is 2.45. The molecule has 4 rings (SSSR count). The third-order valence-corrected chi connectivity index (χ3v) is 12.8. The Bertz CT molecular complexity index is 1360. The normalized spacial score (nSPS) is 25.6. The van der Waals surface area contributed by atoms with E-state index >= 15 is 4.39 Å². The molecule has 2 aromatic rings. The predicted octanol–water partition coefficient (Wildman–Crippen LogP) is 4.58. The Morgan fingerprint density at radius 3 is 2.60 bits per heavy atom. The van der Waals surface area contributed by atoms with E-state index in [1.54, 1.807) is 0 Å². The topological polar surface area (TPSA) is 143 Å². The minimum atomic E-state index is -4.49. The van der Waals surface area contributed by atoms with Crippen LogP contribution in [0.1, 0.15) is 39.0 Å². The summed E-state index contributed by atoms with van der Waals surface area (Å²) < 4.78 is 74.2. The lowest BCUT2D eigenvalue weighted by molar-refractivity contribution is -0.0606. The molecule has 2 saturated heterocycles. The predicted molar refractivity (Wildman–Crippen MR) is 143 cm³/mol. The fourth-order valence-corrected chi connectivity index (χ4v) is 6.40. The zero-order chi connectivity index (χ0) is 29.8. The molecule has 0 amide bonds. The molecule has 2 N–H and O–H groups in total. The number of anilines is 1. The molecule has 0 aromatic carbocycles. The van der Waals surface area contributed by atoms with Gasteiger partial charge in [0.25, 0.3) is 5.92 Å². The Balaban J connectivity index is 1.73. The molecule has 4 heterocycles. The first kappa shape index (κ1) is 31.2. The number of pyridine rings is 1. The maximum Gasteiger partial charge on any atom is 0.350 e. The summed E-state index contributed by atoms with van der Waals surface area (Å²) >= 11 is 6.30. The molecular formula is C23H32ClF3N5O6PSi. The van der Waals surface area contributed by atoms with E-state index in [9.17, 15) is 28.4 Å². The molecule has 0 unspecified atom stereocenters. The quantitative estimate of drug-likeness (QED) is 0.243. The number of fused-ring (bicyclic) bond motifs is 1. The molecule has 4 atom stereocenters. The molecular weight excluding hydrogens is 594 g/mol. The number of hydrogen-bond acceptors (Lipinski definition) is 8. The third-order valence-electron chi connectivity index (χ3n) is 7.56. The summed E-state index contributed by atoms with van der Waals surface area (Å²) in [6.45, 7) is 8.73. The molecule has 2 aliphatic heterocycles. The maximum absolute atomic E-state index is 16.2. The van der Waals surface area contributed by atoms with Crippen LogP contribution in [0.15, 0.2) is 6.20 Å². The van der Waals surface area contributed by atoms with E-state index in [2.05, 4.69) is 10.1 Å². The molecule has 2 aromatic heterocycles. The van der Waals surface area contributed by atoms with Crippen LogP contribution in [0.5, 0.6) is 0 Å². The minimum Gasteiger partial charge on any atom is -0.408 e. The van der Waals surface area contributed by atoms with E-state index in [1.165, 1.54) is 11.1 Å². The number of halogens is 4. The van der Waals surface area contributed by atoms with Crippen molar-refractivity contribution >= 4 is 44.2 Å². The van der Waals surface area contributed by atoms with Gasteiger partial charge in [-0.1, -0.05) is 32.4 Å². The SMILES string of the molecule is CC(C)(C)[Si](C)(C)O[C@H]1[C@H](F)[C@H](n2ncc3c(N4CCC(F)(F)C4)c(C#N)c(Cl)nc32)O[C@@H]1COCP(=O)(O)O. The van der Waals surface area contributed by atoms with Crippen molar-refractivity contribution in [3.8, 4) is 6.07 Å². The molecule has 0 spiro atoms. The summed E-state index contributed by atoms with van der Waals surface area (Å²) in [5.41, 5.74) is 0.0491. The van der Waals surface area contributed by atoms with Crippen molar-refractivity contribution in [2.75, 3.05) is 30.9 Å². The Morgan fingerprint density at radius 2 is 2.05 bits per heavy atom. The zero-order valence-corrected chi connectivity index (χ0v) is 25.3. The lowest BCUT2D eigenvalue weighted by Crippen LogP contribution is -2.49. The zero-order valence-electron chi connectivity index (χ0n) is 22.6. The standard InChI is InChI=1S/C23H32ClF3N5O6PSi/c1-22(2,3)40(4,5)38-18-15(10-36-12-39(33,34)35)37-21(16(18)25)32-20-14(9-29-32)17(13(8-28)19(24)30-20)31-7-6-23(26,27)11-31/h9,15-16,18,21H,6-7,10-12H2,1-5H3,(H2,33,34,35)/t15-,16+,18-,21-/m1/s1. The van der Waals surface area contributed by atoms with Crippen LogP contribution in [0.3, 0.4) is 0 Å². The lowest BCUT2D eigenvalue weighted by atomic mass is 10.1. The van der Waals surface area contributed by atoms with Crippen LogP contribution in [0, 0.1) is 11.3 Å². The van der Waals surface area contributed by atoms with Crippen LogP contribution in [0.4, 0.5) is 18.9 Å². The average molecular weight is 626 g/mol. The van der Waals surface area contributed by atoms with Gasteiger partial charge < -0.3 is 28.6 Å². The fourth-order valence-electron chi connectivity index (χ4n) is 4.53. The first-order chi connectivity index (χ1) is 18.4. The van der Waals surface area contributed by atoms with Crippen molar-refractivity contribution in [2.45, 2.75) is 75.9 Å². The summed E-state index contributed by atoms with van der Waals surface area (Å²) in [4.78, 5) is 23.9. The highest BCUT2D eigenvalue weighted by molar-refractivity contribution is 7.51. The number of hydrogen-bond donors (Lipinski definition) is 2. The van der Waals surface area contributed by atoms with E-state index in [0.717, 1.165) is 4.68 Å². The van der Waals surface area contributed by atoms with Gasteiger partial charge in [-0.25, -0.2) is 22.8 Å². The molecule has 2 aliphatic rings. The molecule has 0 aliphatic carbocycles. The molecule has 17 heteroatoms. The van der Waals surface area contributed by atoms with Gasteiger partial charge in [0.05, 0.1) is 30.4 Å². The van der Waals surface area contributed by atoms with Crippen molar-refractivity contribution < 1.29 is 41.4 Å². The van der Waals surface area contributed by atoms with Crippen molar-refractivity contribution in [1.82, 2.24) is 14.8 Å². The minimum absolute atomic E-state index is 0.0183. The lowest BCUT2D eigenvalue weighted by Gasteiger charge is -2.39. The van der Waals surface area contributed by atoms with E-state index in [0.29, 0.717) is 0 Å². The van der Waals surface area contributed by atoms with Crippen molar-refractivity contribution in [1.29, 1.82) is 5.26 Å². The summed E-state index contributed by atoms with van der Waals surface area (Å²) in [5.74, 6) is -2.96. The van der Waals surface area contributed by atoms with Gasteiger partial charge in [0, 0.05) is 13.0 Å². The molecule has 11 nitrogen and oxygen atoms in total. The van der Waals surface area contributed by atoms with Crippen molar-refractivity contribution in [3.05, 3.63) is 16.9 Å². The number of ether oxygens (including phenoxy) is 2. The van der Waals surface area contributed by atoms with Crippen LogP contribution in [-0.4, -0.2) is 83.2 Å². The van der Waals surface area contributed by atoms with Gasteiger partial charge in [-0.2, -0.15) is 10.4 Å². The number of rotatable bonds is 8. The van der Waals surface area contributed by atoms with Gasteiger partial charge in [0.1, 0.15) is 30.2 Å². The van der Waals surface area contributed by atoms with Gasteiger partial charge in [-0.3, -0.25) is 4.57 Å². The molecule has 222 valence electrons. The van der Waals surface area contributed by atoms with Crippen LogP contribution in [0.25, 0.3) is 11.0 Å². The van der Waals surface area contributed by atoms with Crippen LogP contribution in [0.2, 0.25) is 23.3 Å². The summed E-state index contributed by atoms with van der Waals surface area (Å²) in [7, 11) is -7.06. The van der Waals surface area contributed by atoms with Crippen LogP contribution in [-0.2, 0) is 18.5 Å². The van der Waals surface area contributed by atoms with E-state index < -0.39 is 65.8 Å². The Labute approximate surface area is 235 Å². The largest absolute Gasteiger partial charge is 0.408 e. The number of aromatic nitrogens is 3. The van der Waals surface area contributed by atoms with Crippen molar-refractivity contribution in [3.63, 3.8) is 0 Å². The number of nitrogens with zero attached hydrogens (tertiary/aromatic N) is 5. The van der Waals surface area contributed by atoms with Gasteiger partial charge in [-0.15, -0.1) is 0 Å². The molecule has 2 fully saturated rings. The van der Waals surface area contributed by atoms with Gasteiger partial charge in [0.2, 0.25) is 0 Å². The van der Waals surface area contributed by atoms with E-state index in [4.69, 9.17) is 25.5 Å². The van der Waals surface area contributed by atoms with Crippen LogP contribution >= 0.6 is 19.2 Å². The van der Waals surface area contributed by atoms with Gasteiger partial charge >= 0.3 is 7.60 Å². The second-order valence-corrected chi connectivity index (χ2v) is 18.3. The Morgan fingerprint density at radius 1 is 1.38 bits per heavy atom. The Kier molecular flexibility index (Phi) is 8.43. The summed E-state index contributed by atoms with van der Waals surface area (Å²) in [6.07, 6.45) is -5.48.